The highest BCUT2D eigenvalue weighted by molar-refractivity contribution is 8.32. The van der Waals surface area contributed by atoms with Crippen LogP contribution in [0.4, 0.5) is 5.69 Å². The SMILES string of the molecule is COc1ccc(C(NC(=O)CCc2cccnc2)C(=O)Nc2ccc(S(C)(C)C)cc2)cc1. The highest BCUT2D eigenvalue weighted by Gasteiger charge is 2.23. The Morgan fingerprint density at radius 1 is 1.00 bits per heavy atom. The Morgan fingerprint density at radius 3 is 2.27 bits per heavy atom. The second-order valence-electron chi connectivity index (χ2n) is 8.49. The summed E-state index contributed by atoms with van der Waals surface area (Å²) in [4.78, 5) is 31.2. The summed E-state index contributed by atoms with van der Waals surface area (Å²) in [6.07, 6.45) is 10.9. The quantitative estimate of drug-likeness (QED) is 0.485. The van der Waals surface area contributed by atoms with Gasteiger partial charge in [-0.15, -0.1) is 0 Å². The van der Waals surface area contributed by atoms with Crippen LogP contribution >= 0.6 is 10.0 Å². The van der Waals surface area contributed by atoms with Gasteiger partial charge in [-0.05, 0) is 83.7 Å². The van der Waals surface area contributed by atoms with Crippen LogP contribution in [0.15, 0.2) is 78.0 Å². The van der Waals surface area contributed by atoms with Crippen LogP contribution in [0.5, 0.6) is 5.75 Å². The van der Waals surface area contributed by atoms with Gasteiger partial charge in [0.25, 0.3) is 5.91 Å². The summed E-state index contributed by atoms with van der Waals surface area (Å²) in [7, 11) is 0.741. The number of ether oxygens (including phenoxy) is 1. The lowest BCUT2D eigenvalue weighted by Crippen LogP contribution is -2.37. The molecule has 1 atom stereocenters. The molecule has 0 bridgehead atoms. The van der Waals surface area contributed by atoms with E-state index < -0.39 is 16.1 Å². The number of methoxy groups -OCH3 is 1. The molecular weight excluding hydrogens is 434 g/mol. The maximum absolute atomic E-state index is 13.2. The smallest absolute Gasteiger partial charge is 0.251 e. The Kier molecular flexibility index (Phi) is 8.11. The maximum atomic E-state index is 13.2. The van der Waals surface area contributed by atoms with Crippen molar-refractivity contribution in [2.75, 3.05) is 31.2 Å². The number of amides is 2. The molecule has 3 aromatic rings. The molecule has 0 radical (unpaired) electrons. The minimum Gasteiger partial charge on any atom is -0.497 e. The highest BCUT2D eigenvalue weighted by Crippen LogP contribution is 2.45. The van der Waals surface area contributed by atoms with Gasteiger partial charge in [0.15, 0.2) is 0 Å². The molecule has 174 valence electrons. The lowest BCUT2D eigenvalue weighted by Gasteiger charge is -2.26. The predicted molar refractivity (Wildman–Crippen MR) is 135 cm³/mol. The predicted octanol–water partition coefficient (Wildman–Crippen LogP) is 4.57. The summed E-state index contributed by atoms with van der Waals surface area (Å²) in [5, 5.41) is 5.83. The van der Waals surface area contributed by atoms with Gasteiger partial charge in [0.2, 0.25) is 5.91 Å². The van der Waals surface area contributed by atoms with Gasteiger partial charge in [-0.25, -0.2) is 10.0 Å². The lowest BCUT2D eigenvalue weighted by molar-refractivity contribution is -0.126. The van der Waals surface area contributed by atoms with Crippen molar-refractivity contribution >= 4 is 27.5 Å². The van der Waals surface area contributed by atoms with Crippen molar-refractivity contribution in [1.82, 2.24) is 10.3 Å². The lowest BCUT2D eigenvalue weighted by atomic mass is 10.0. The van der Waals surface area contributed by atoms with Crippen LogP contribution in [0.2, 0.25) is 0 Å². The van der Waals surface area contributed by atoms with Crippen molar-refractivity contribution in [3.05, 3.63) is 84.2 Å². The molecule has 0 spiro atoms. The molecule has 0 saturated carbocycles. The van der Waals surface area contributed by atoms with Gasteiger partial charge in [0, 0.05) is 24.5 Å². The van der Waals surface area contributed by atoms with Gasteiger partial charge < -0.3 is 15.4 Å². The zero-order valence-corrected chi connectivity index (χ0v) is 20.3. The first-order chi connectivity index (χ1) is 15.8. The third-order valence-electron chi connectivity index (χ3n) is 5.21. The molecule has 2 amide bonds. The Morgan fingerprint density at radius 2 is 1.70 bits per heavy atom. The van der Waals surface area contributed by atoms with Crippen molar-refractivity contribution in [3.63, 3.8) is 0 Å². The molecule has 0 aliphatic carbocycles. The molecule has 0 aliphatic heterocycles. The third kappa shape index (κ3) is 7.08. The number of aromatic nitrogens is 1. The fourth-order valence-electron chi connectivity index (χ4n) is 3.29. The number of nitrogens with one attached hydrogen (secondary N) is 2. The topological polar surface area (TPSA) is 80.3 Å². The van der Waals surface area contributed by atoms with Gasteiger partial charge in [-0.1, -0.05) is 18.2 Å². The summed E-state index contributed by atoms with van der Waals surface area (Å²) in [6.45, 7) is 0. The van der Waals surface area contributed by atoms with E-state index in [9.17, 15) is 9.59 Å². The van der Waals surface area contributed by atoms with Crippen LogP contribution in [-0.2, 0) is 16.0 Å². The zero-order valence-electron chi connectivity index (χ0n) is 19.5. The van der Waals surface area contributed by atoms with Gasteiger partial charge >= 0.3 is 0 Å². The van der Waals surface area contributed by atoms with E-state index in [0.29, 0.717) is 23.4 Å². The number of rotatable bonds is 9. The number of carbonyl (C=O) groups excluding carboxylic acids is 2. The summed E-state index contributed by atoms with van der Waals surface area (Å²) in [6, 6.07) is 18.0. The number of anilines is 1. The highest BCUT2D eigenvalue weighted by atomic mass is 32.3. The van der Waals surface area contributed by atoms with Crippen LogP contribution in [0.25, 0.3) is 0 Å². The van der Waals surface area contributed by atoms with Crippen molar-refractivity contribution in [3.8, 4) is 5.75 Å². The molecular formula is C26H31N3O3S. The molecule has 6 nitrogen and oxygen atoms in total. The monoisotopic (exact) mass is 465 g/mol. The molecule has 0 saturated heterocycles. The van der Waals surface area contributed by atoms with Gasteiger partial charge in [0.05, 0.1) is 7.11 Å². The molecule has 1 aromatic heterocycles. The molecule has 0 fully saturated rings. The Bertz CT molecular complexity index is 1060. The standard InChI is InChI=1S/C26H31N3O3S/c1-32-22-12-8-20(9-13-22)25(29-24(30)16-7-19-6-5-17-27-18-19)26(31)28-21-10-14-23(15-11-21)33(2,3)4/h5-6,8-15,17-18,25H,7,16H2,1-4H3,(H,28,31)(H,29,30). The van der Waals surface area contributed by atoms with Gasteiger partial charge in [0.1, 0.15) is 11.8 Å². The molecule has 3 rings (SSSR count). The summed E-state index contributed by atoms with van der Waals surface area (Å²) in [5.74, 6) is 0.174. The van der Waals surface area contributed by atoms with Crippen molar-refractivity contribution in [2.45, 2.75) is 23.8 Å². The molecule has 33 heavy (non-hydrogen) atoms. The van der Waals surface area contributed by atoms with Crippen LogP contribution in [0, 0.1) is 0 Å². The Hall–Kier alpha value is -3.32. The van der Waals surface area contributed by atoms with E-state index in [4.69, 9.17) is 4.74 Å². The van der Waals surface area contributed by atoms with Gasteiger partial charge in [-0.3, -0.25) is 14.6 Å². The van der Waals surface area contributed by atoms with Crippen LogP contribution < -0.4 is 15.4 Å². The second-order valence-corrected chi connectivity index (χ2v) is 12.6. The van der Waals surface area contributed by atoms with E-state index in [1.54, 1.807) is 43.8 Å². The van der Waals surface area contributed by atoms with E-state index in [2.05, 4.69) is 34.4 Å². The molecule has 1 heterocycles. The summed E-state index contributed by atoms with van der Waals surface area (Å²) in [5.41, 5.74) is 2.34. The molecule has 2 N–H and O–H groups in total. The number of nitrogens with zero attached hydrogens (tertiary/aromatic N) is 1. The summed E-state index contributed by atoms with van der Waals surface area (Å²) < 4.78 is 5.22. The van der Waals surface area contributed by atoms with Crippen LogP contribution in [0.1, 0.15) is 23.6 Å². The molecule has 0 aliphatic rings. The first kappa shape index (κ1) is 24.3. The third-order valence-corrected chi connectivity index (χ3v) is 6.90. The number of hydrogen-bond donors (Lipinski definition) is 2. The Labute approximate surface area is 197 Å². The van der Waals surface area contributed by atoms with Crippen molar-refractivity contribution in [1.29, 1.82) is 0 Å². The molecule has 2 aromatic carbocycles. The van der Waals surface area contributed by atoms with Crippen molar-refractivity contribution < 1.29 is 14.3 Å². The zero-order chi connectivity index (χ0) is 23.8. The fraction of sp³-hybridized carbons (Fsp3) is 0.269. The largest absolute Gasteiger partial charge is 0.497 e. The van der Waals surface area contributed by atoms with Crippen LogP contribution in [0.3, 0.4) is 0 Å². The van der Waals surface area contributed by atoms with E-state index in [1.807, 2.05) is 36.4 Å². The number of aryl methyl sites for hydroxylation is 1. The van der Waals surface area contributed by atoms with Gasteiger partial charge in [-0.2, -0.15) is 0 Å². The van der Waals surface area contributed by atoms with E-state index in [1.165, 1.54) is 4.90 Å². The number of pyridine rings is 1. The first-order valence-corrected chi connectivity index (χ1v) is 13.5. The van der Waals surface area contributed by atoms with E-state index >= 15 is 0 Å². The number of carbonyl (C=O) groups is 2. The maximum Gasteiger partial charge on any atom is 0.251 e. The minimum atomic E-state index is -0.845. The van der Waals surface area contributed by atoms with Crippen molar-refractivity contribution in [2.24, 2.45) is 0 Å². The normalized spacial score (nSPS) is 12.5. The molecule has 7 heteroatoms. The van der Waals surface area contributed by atoms with E-state index in [-0.39, 0.29) is 18.2 Å². The number of hydrogen-bond acceptors (Lipinski definition) is 4. The summed E-state index contributed by atoms with van der Waals surface area (Å²) >= 11 is 0. The van der Waals surface area contributed by atoms with Crippen LogP contribution in [-0.4, -0.2) is 42.7 Å². The number of benzene rings is 2. The second kappa shape index (κ2) is 11.0. The fourth-order valence-corrected chi connectivity index (χ4v) is 4.25. The average Bonchev–Trinajstić information content (AvgIpc) is 2.81. The van der Waals surface area contributed by atoms with E-state index in [0.717, 1.165) is 5.56 Å². The minimum absolute atomic E-state index is 0.207. The first-order valence-electron chi connectivity index (χ1n) is 10.7. The average molecular weight is 466 g/mol. The molecule has 1 unspecified atom stereocenters. The Balaban J connectivity index is 1.74.